The van der Waals surface area contributed by atoms with Crippen LogP contribution >= 0.6 is 8.60 Å². The zero-order chi connectivity index (χ0) is 10.8. The lowest BCUT2D eigenvalue weighted by Crippen LogP contribution is -2.04. The van der Waals surface area contributed by atoms with Crippen molar-refractivity contribution in [1.29, 1.82) is 0 Å². The number of methoxy groups -OCH3 is 1. The Morgan fingerprint density at radius 2 is 2.33 bits per heavy atom. The van der Waals surface area contributed by atoms with Crippen LogP contribution in [0.1, 0.15) is 5.56 Å². The van der Waals surface area contributed by atoms with Gasteiger partial charge >= 0.3 is 14.6 Å². The molecular formula is C9H9O5P. The van der Waals surface area contributed by atoms with E-state index in [9.17, 15) is 9.69 Å². The van der Waals surface area contributed by atoms with Gasteiger partial charge < -0.3 is 18.7 Å². The largest absolute Gasteiger partial charge is 0.469 e. The van der Waals surface area contributed by atoms with Crippen molar-refractivity contribution in [3.63, 3.8) is 0 Å². The van der Waals surface area contributed by atoms with Crippen molar-refractivity contribution in [3.05, 3.63) is 23.8 Å². The number of ether oxygens (including phenoxy) is 1. The van der Waals surface area contributed by atoms with Gasteiger partial charge in [-0.25, -0.2) is 0 Å². The molecule has 0 aliphatic carbocycles. The van der Waals surface area contributed by atoms with E-state index >= 15 is 0 Å². The normalized spacial score (nSPS) is 17.6. The summed E-state index contributed by atoms with van der Waals surface area (Å²) in [4.78, 5) is 20.3. The predicted molar refractivity (Wildman–Crippen MR) is 52.6 cm³/mol. The van der Waals surface area contributed by atoms with Crippen LogP contribution in [0.5, 0.6) is 11.5 Å². The average Bonchev–Trinajstić information content (AvgIpc) is 2.59. The Balaban J connectivity index is 2.26. The third-order valence-corrected chi connectivity index (χ3v) is 2.66. The van der Waals surface area contributed by atoms with E-state index in [0.29, 0.717) is 17.1 Å². The maximum atomic E-state index is 11.1. The molecule has 1 unspecified atom stereocenters. The Labute approximate surface area is 87.6 Å². The van der Waals surface area contributed by atoms with Crippen molar-refractivity contribution in [3.8, 4) is 11.5 Å². The van der Waals surface area contributed by atoms with Crippen LogP contribution in [0, 0.1) is 0 Å². The summed E-state index contributed by atoms with van der Waals surface area (Å²) in [5.74, 6) is 0.530. The van der Waals surface area contributed by atoms with Crippen molar-refractivity contribution >= 4 is 14.6 Å². The number of carbonyl (C=O) groups is 1. The second-order valence-electron chi connectivity index (χ2n) is 2.92. The Hall–Kier alpha value is -1.32. The molecule has 1 aliphatic heterocycles. The van der Waals surface area contributed by atoms with E-state index in [1.54, 1.807) is 18.2 Å². The first-order valence-corrected chi connectivity index (χ1v) is 5.37. The van der Waals surface area contributed by atoms with Gasteiger partial charge in [-0.2, -0.15) is 0 Å². The van der Waals surface area contributed by atoms with E-state index in [0.717, 1.165) is 0 Å². The third-order valence-electron chi connectivity index (χ3n) is 1.97. The number of carbonyl (C=O) groups excluding carboxylic acids is 1. The van der Waals surface area contributed by atoms with Crippen molar-refractivity contribution in [1.82, 2.24) is 0 Å². The molecular weight excluding hydrogens is 219 g/mol. The highest BCUT2D eigenvalue weighted by atomic mass is 31.2. The van der Waals surface area contributed by atoms with Crippen LogP contribution in [0.3, 0.4) is 0 Å². The predicted octanol–water partition coefficient (Wildman–Crippen LogP) is 1.39. The summed E-state index contributed by atoms with van der Waals surface area (Å²) in [5.41, 5.74) is 0.651. The van der Waals surface area contributed by atoms with Crippen LogP contribution in [0.2, 0.25) is 0 Å². The molecule has 0 saturated carbocycles. The zero-order valence-electron chi connectivity index (χ0n) is 7.97. The number of rotatable bonds is 2. The van der Waals surface area contributed by atoms with Gasteiger partial charge in [-0.1, -0.05) is 12.1 Å². The molecule has 1 N–H and O–H groups in total. The minimum atomic E-state index is -1.89. The van der Waals surface area contributed by atoms with E-state index in [1.807, 2.05) is 0 Å². The van der Waals surface area contributed by atoms with Gasteiger partial charge in [0.05, 0.1) is 13.5 Å². The lowest BCUT2D eigenvalue weighted by atomic mass is 10.1. The van der Waals surface area contributed by atoms with Gasteiger partial charge in [0.2, 0.25) is 0 Å². The standard InChI is InChI=1S/C9H9O5P/c1-12-8(10)5-6-3-2-4-7-9(6)14-15(11)13-7/h2-4,11H,5H2,1H3. The minimum Gasteiger partial charge on any atom is -0.469 e. The van der Waals surface area contributed by atoms with Gasteiger partial charge in [0.25, 0.3) is 0 Å². The smallest absolute Gasteiger partial charge is 0.460 e. The molecule has 2 rings (SSSR count). The molecule has 0 radical (unpaired) electrons. The molecule has 1 atom stereocenters. The van der Waals surface area contributed by atoms with E-state index < -0.39 is 8.60 Å². The lowest BCUT2D eigenvalue weighted by molar-refractivity contribution is -0.139. The molecule has 1 aromatic rings. The first-order chi connectivity index (χ1) is 7.20. The van der Waals surface area contributed by atoms with Gasteiger partial charge in [-0.3, -0.25) is 4.79 Å². The molecule has 15 heavy (non-hydrogen) atoms. The van der Waals surface area contributed by atoms with Crippen LogP contribution in [-0.2, 0) is 16.0 Å². The van der Waals surface area contributed by atoms with Crippen LogP contribution < -0.4 is 9.05 Å². The van der Waals surface area contributed by atoms with Gasteiger partial charge in [0, 0.05) is 5.56 Å². The van der Waals surface area contributed by atoms with Crippen LogP contribution in [0.25, 0.3) is 0 Å². The number of fused-ring (bicyclic) bond motifs is 1. The summed E-state index contributed by atoms with van der Waals surface area (Å²) in [7, 11) is -0.568. The SMILES string of the molecule is COC(=O)Cc1cccc2c1OP(O)O2. The molecule has 0 saturated heterocycles. The summed E-state index contributed by atoms with van der Waals surface area (Å²) in [5, 5.41) is 0. The van der Waals surface area contributed by atoms with E-state index in [1.165, 1.54) is 7.11 Å². The molecule has 1 aromatic carbocycles. The monoisotopic (exact) mass is 228 g/mol. The van der Waals surface area contributed by atoms with Crippen LogP contribution in [0.15, 0.2) is 18.2 Å². The number of esters is 1. The van der Waals surface area contributed by atoms with Crippen molar-refractivity contribution < 1.29 is 23.5 Å². The fraction of sp³-hybridized carbons (Fsp3) is 0.222. The molecule has 0 amide bonds. The Morgan fingerprint density at radius 3 is 3.07 bits per heavy atom. The second kappa shape index (κ2) is 4.04. The fourth-order valence-corrected chi connectivity index (χ4v) is 2.00. The molecule has 0 spiro atoms. The van der Waals surface area contributed by atoms with E-state index in [-0.39, 0.29) is 12.4 Å². The second-order valence-corrected chi connectivity index (χ2v) is 3.76. The summed E-state index contributed by atoms with van der Waals surface area (Å²) in [6, 6.07) is 5.14. The molecule has 1 aliphatic rings. The van der Waals surface area contributed by atoms with Crippen LogP contribution in [0.4, 0.5) is 0 Å². The first-order valence-electron chi connectivity index (χ1n) is 4.24. The number of para-hydroxylation sites is 1. The lowest BCUT2D eigenvalue weighted by Gasteiger charge is -2.03. The average molecular weight is 228 g/mol. The maximum absolute atomic E-state index is 11.1. The van der Waals surface area contributed by atoms with E-state index in [4.69, 9.17) is 9.05 Å². The zero-order valence-corrected chi connectivity index (χ0v) is 8.86. The minimum absolute atomic E-state index is 0.103. The number of hydrogen-bond donors (Lipinski definition) is 1. The Kier molecular flexibility index (Phi) is 2.75. The van der Waals surface area contributed by atoms with Crippen LogP contribution in [-0.4, -0.2) is 18.0 Å². The van der Waals surface area contributed by atoms with Gasteiger partial charge in [-0.05, 0) is 6.07 Å². The highest BCUT2D eigenvalue weighted by Gasteiger charge is 2.27. The Morgan fingerprint density at radius 1 is 1.53 bits per heavy atom. The number of hydrogen-bond acceptors (Lipinski definition) is 5. The van der Waals surface area contributed by atoms with Gasteiger partial charge in [0.1, 0.15) is 0 Å². The van der Waals surface area contributed by atoms with Crippen molar-refractivity contribution in [2.45, 2.75) is 6.42 Å². The molecule has 0 fully saturated rings. The molecule has 80 valence electrons. The molecule has 1 heterocycles. The third kappa shape index (κ3) is 2.03. The topological polar surface area (TPSA) is 65.0 Å². The van der Waals surface area contributed by atoms with Crippen molar-refractivity contribution in [2.75, 3.05) is 7.11 Å². The van der Waals surface area contributed by atoms with Gasteiger partial charge in [-0.15, -0.1) is 0 Å². The molecule has 0 aromatic heterocycles. The highest BCUT2D eigenvalue weighted by molar-refractivity contribution is 7.41. The summed E-state index contributed by atoms with van der Waals surface area (Å²) >= 11 is 0. The quantitative estimate of drug-likeness (QED) is 0.612. The summed E-state index contributed by atoms with van der Waals surface area (Å²) in [6.07, 6.45) is 0.103. The fourth-order valence-electron chi connectivity index (χ4n) is 1.28. The summed E-state index contributed by atoms with van der Waals surface area (Å²) in [6.45, 7) is 0. The molecule has 5 nitrogen and oxygen atoms in total. The Bertz CT molecular complexity index is 392. The highest BCUT2D eigenvalue weighted by Crippen LogP contribution is 2.51. The van der Waals surface area contributed by atoms with E-state index in [2.05, 4.69) is 4.74 Å². The number of benzene rings is 1. The maximum Gasteiger partial charge on any atom is 0.460 e. The first kappa shape index (κ1) is 10.2. The molecule has 6 heteroatoms. The molecule has 0 bridgehead atoms. The van der Waals surface area contributed by atoms with Gasteiger partial charge in [0.15, 0.2) is 11.5 Å². The summed E-state index contributed by atoms with van der Waals surface area (Å²) < 4.78 is 14.6. The van der Waals surface area contributed by atoms with Crippen molar-refractivity contribution in [2.24, 2.45) is 0 Å².